The normalized spacial score (nSPS) is 13.7. The van der Waals surface area contributed by atoms with Gasteiger partial charge in [-0.15, -0.1) is 6.58 Å². The third-order valence-electron chi connectivity index (χ3n) is 2.70. The van der Waals surface area contributed by atoms with E-state index >= 15 is 0 Å². The number of hydrogen-bond acceptors (Lipinski definition) is 0. The lowest BCUT2D eigenvalue weighted by Gasteiger charge is -2.09. The van der Waals surface area contributed by atoms with Crippen LogP contribution in [0.25, 0.3) is 5.57 Å². The van der Waals surface area contributed by atoms with Crippen LogP contribution < -0.4 is 0 Å². The van der Waals surface area contributed by atoms with Crippen molar-refractivity contribution in [2.75, 3.05) is 0 Å². The van der Waals surface area contributed by atoms with Crippen molar-refractivity contribution in [3.8, 4) is 0 Å². The zero-order chi connectivity index (χ0) is 10.1. The average Bonchev–Trinajstić information content (AvgIpc) is 2.58. The van der Waals surface area contributed by atoms with Crippen molar-refractivity contribution >= 4 is 17.2 Å². The van der Waals surface area contributed by atoms with Crippen LogP contribution in [0.5, 0.6) is 0 Å². The Hall–Kier alpha value is -1.01. The fourth-order valence-electron chi connectivity index (χ4n) is 2.05. The maximum Gasteiger partial charge on any atom is 0.0447 e. The second kappa shape index (κ2) is 3.62. The Balaban J connectivity index is 2.53. The average molecular weight is 205 g/mol. The van der Waals surface area contributed by atoms with Crippen LogP contribution in [0.3, 0.4) is 0 Å². The van der Waals surface area contributed by atoms with E-state index in [1.165, 1.54) is 22.3 Å². The Bertz CT molecular complexity index is 413. The van der Waals surface area contributed by atoms with Crippen LogP contribution in [0.1, 0.15) is 23.1 Å². The van der Waals surface area contributed by atoms with Crippen LogP contribution in [0.2, 0.25) is 5.02 Å². The topological polar surface area (TPSA) is 0 Å². The Morgan fingerprint density at radius 1 is 1.50 bits per heavy atom. The molecule has 0 nitrogen and oxygen atoms in total. The molecule has 0 fully saturated rings. The molecule has 1 aromatic carbocycles. The fourth-order valence-corrected chi connectivity index (χ4v) is 2.29. The molecule has 0 atom stereocenters. The van der Waals surface area contributed by atoms with Crippen molar-refractivity contribution in [2.45, 2.75) is 19.8 Å². The molecule has 0 saturated carbocycles. The van der Waals surface area contributed by atoms with E-state index in [4.69, 9.17) is 11.6 Å². The summed E-state index contributed by atoms with van der Waals surface area (Å²) in [4.78, 5) is 0. The van der Waals surface area contributed by atoms with Gasteiger partial charge in [-0.2, -0.15) is 0 Å². The predicted molar refractivity (Wildman–Crippen MR) is 62.7 cm³/mol. The molecule has 0 heterocycles. The number of aryl methyl sites for hydroxylation is 1. The Labute approximate surface area is 89.9 Å². The molecule has 0 bridgehead atoms. The number of fused-ring (bicyclic) bond motifs is 1. The van der Waals surface area contributed by atoms with E-state index < -0.39 is 0 Å². The highest BCUT2D eigenvalue weighted by molar-refractivity contribution is 6.31. The van der Waals surface area contributed by atoms with Crippen molar-refractivity contribution in [2.24, 2.45) is 0 Å². The van der Waals surface area contributed by atoms with Gasteiger partial charge in [0.1, 0.15) is 0 Å². The summed E-state index contributed by atoms with van der Waals surface area (Å²) in [6.07, 6.45) is 6.11. The van der Waals surface area contributed by atoms with Gasteiger partial charge < -0.3 is 0 Å². The minimum atomic E-state index is 0.890. The van der Waals surface area contributed by atoms with E-state index in [0.29, 0.717) is 0 Å². The van der Waals surface area contributed by atoms with Gasteiger partial charge in [0.05, 0.1) is 0 Å². The molecule has 0 radical (unpaired) electrons. The number of hydrogen-bond donors (Lipinski definition) is 0. The summed E-state index contributed by atoms with van der Waals surface area (Å²) >= 11 is 6.15. The van der Waals surface area contributed by atoms with Crippen molar-refractivity contribution in [3.05, 3.63) is 52.6 Å². The van der Waals surface area contributed by atoms with Crippen LogP contribution >= 0.6 is 11.6 Å². The van der Waals surface area contributed by atoms with Gasteiger partial charge >= 0.3 is 0 Å². The highest BCUT2D eigenvalue weighted by Gasteiger charge is 2.17. The van der Waals surface area contributed by atoms with Gasteiger partial charge in [0.15, 0.2) is 0 Å². The van der Waals surface area contributed by atoms with Gasteiger partial charge in [-0.3, -0.25) is 0 Å². The smallest absolute Gasteiger partial charge is 0.0447 e. The van der Waals surface area contributed by atoms with Crippen molar-refractivity contribution in [1.29, 1.82) is 0 Å². The quantitative estimate of drug-likeness (QED) is 0.635. The standard InChI is InChI=1S/C13H13Cl/c1-3-4-10-6-7-11-12(14)8-5-9(2)13(10)11/h3,5-6,8H,1,4,7H2,2H3. The molecule has 1 heteroatoms. The van der Waals surface area contributed by atoms with E-state index in [-0.39, 0.29) is 0 Å². The zero-order valence-corrected chi connectivity index (χ0v) is 9.06. The van der Waals surface area contributed by atoms with Crippen LogP contribution in [-0.4, -0.2) is 0 Å². The summed E-state index contributed by atoms with van der Waals surface area (Å²) in [5.74, 6) is 0. The zero-order valence-electron chi connectivity index (χ0n) is 8.31. The van der Waals surface area contributed by atoms with Gasteiger partial charge in [0.25, 0.3) is 0 Å². The number of rotatable bonds is 2. The molecule has 1 aliphatic rings. The SMILES string of the molecule is C=CCC1=CCc2c(Cl)ccc(C)c21. The van der Waals surface area contributed by atoms with Crippen LogP contribution in [0, 0.1) is 6.92 Å². The summed E-state index contributed by atoms with van der Waals surface area (Å²) in [7, 11) is 0. The fraction of sp³-hybridized carbons (Fsp3) is 0.231. The molecule has 14 heavy (non-hydrogen) atoms. The molecule has 1 aliphatic carbocycles. The lowest BCUT2D eigenvalue weighted by molar-refractivity contribution is 1.28. The molecule has 0 aromatic heterocycles. The minimum Gasteiger partial charge on any atom is -0.103 e. The number of benzene rings is 1. The minimum absolute atomic E-state index is 0.890. The maximum atomic E-state index is 6.15. The first-order chi connectivity index (χ1) is 6.74. The van der Waals surface area contributed by atoms with E-state index in [2.05, 4.69) is 25.6 Å². The van der Waals surface area contributed by atoms with Crippen LogP contribution in [0.4, 0.5) is 0 Å². The molecule has 0 aliphatic heterocycles. The first-order valence-electron chi connectivity index (χ1n) is 4.82. The van der Waals surface area contributed by atoms with E-state index in [0.717, 1.165) is 17.9 Å². The van der Waals surface area contributed by atoms with Crippen LogP contribution in [0.15, 0.2) is 30.9 Å². The van der Waals surface area contributed by atoms with Gasteiger partial charge in [-0.1, -0.05) is 29.8 Å². The first kappa shape index (κ1) is 9.54. The van der Waals surface area contributed by atoms with E-state index in [1.54, 1.807) is 0 Å². The largest absolute Gasteiger partial charge is 0.103 e. The highest BCUT2D eigenvalue weighted by Crippen LogP contribution is 2.36. The van der Waals surface area contributed by atoms with Gasteiger partial charge in [-0.05, 0) is 48.1 Å². The Morgan fingerprint density at radius 2 is 2.29 bits per heavy atom. The van der Waals surface area contributed by atoms with Gasteiger partial charge in [-0.25, -0.2) is 0 Å². The van der Waals surface area contributed by atoms with Crippen molar-refractivity contribution < 1.29 is 0 Å². The molecular weight excluding hydrogens is 192 g/mol. The van der Waals surface area contributed by atoms with Crippen molar-refractivity contribution in [1.82, 2.24) is 0 Å². The van der Waals surface area contributed by atoms with E-state index in [9.17, 15) is 0 Å². The summed E-state index contributed by atoms with van der Waals surface area (Å²) in [5, 5.41) is 0.890. The monoisotopic (exact) mass is 204 g/mol. The summed E-state index contributed by atoms with van der Waals surface area (Å²) in [6.45, 7) is 5.91. The molecule has 0 unspecified atom stereocenters. The molecular formula is C13H13Cl. The summed E-state index contributed by atoms with van der Waals surface area (Å²) in [5.41, 5.74) is 5.31. The van der Waals surface area contributed by atoms with Gasteiger partial charge in [0.2, 0.25) is 0 Å². The maximum absolute atomic E-state index is 6.15. The molecule has 0 amide bonds. The predicted octanol–water partition coefficient (Wildman–Crippen LogP) is 4.16. The molecule has 72 valence electrons. The molecule has 1 aromatic rings. The Kier molecular flexibility index (Phi) is 2.47. The highest BCUT2D eigenvalue weighted by atomic mass is 35.5. The summed E-state index contributed by atoms with van der Waals surface area (Å²) < 4.78 is 0. The third-order valence-corrected chi connectivity index (χ3v) is 3.06. The van der Waals surface area contributed by atoms with Crippen molar-refractivity contribution in [3.63, 3.8) is 0 Å². The lowest BCUT2D eigenvalue weighted by Crippen LogP contribution is -1.90. The lowest BCUT2D eigenvalue weighted by atomic mass is 9.98. The second-order valence-electron chi connectivity index (χ2n) is 3.64. The molecule has 0 N–H and O–H groups in total. The number of allylic oxidation sites excluding steroid dienone is 3. The second-order valence-corrected chi connectivity index (χ2v) is 4.05. The molecule has 0 saturated heterocycles. The van der Waals surface area contributed by atoms with Gasteiger partial charge in [0, 0.05) is 5.02 Å². The molecule has 0 spiro atoms. The third kappa shape index (κ3) is 1.40. The first-order valence-corrected chi connectivity index (χ1v) is 5.20. The summed E-state index contributed by atoms with van der Waals surface area (Å²) in [6, 6.07) is 4.07. The Morgan fingerprint density at radius 3 is 3.00 bits per heavy atom. The number of halogens is 1. The molecule has 2 rings (SSSR count). The van der Waals surface area contributed by atoms with Crippen LogP contribution in [-0.2, 0) is 6.42 Å². The van der Waals surface area contributed by atoms with E-state index in [1.807, 2.05) is 12.1 Å².